The van der Waals surface area contributed by atoms with Crippen molar-refractivity contribution >= 4 is 23.2 Å². The Labute approximate surface area is 116 Å². The van der Waals surface area contributed by atoms with Gasteiger partial charge in [-0.05, 0) is 26.0 Å². The van der Waals surface area contributed by atoms with E-state index in [-0.39, 0.29) is 0 Å². The molecule has 0 amide bonds. The molecule has 0 radical (unpaired) electrons. The van der Waals surface area contributed by atoms with E-state index in [1.807, 2.05) is 31.2 Å². The van der Waals surface area contributed by atoms with Gasteiger partial charge >= 0.3 is 0 Å². The second-order valence-electron chi connectivity index (χ2n) is 3.71. The van der Waals surface area contributed by atoms with Gasteiger partial charge in [0.15, 0.2) is 5.82 Å². The Bertz CT molecular complexity index is 550. The van der Waals surface area contributed by atoms with Gasteiger partial charge in [-0.15, -0.1) is 0 Å². The zero-order valence-corrected chi connectivity index (χ0v) is 11.6. The number of rotatable bonds is 3. The normalized spacial score (nSPS) is 10.4. The van der Waals surface area contributed by atoms with Gasteiger partial charge in [-0.25, -0.2) is 9.97 Å². The highest BCUT2D eigenvalue weighted by molar-refractivity contribution is 6.34. The summed E-state index contributed by atoms with van der Waals surface area (Å²) < 4.78 is 5.43. The SMILES string of the molecule is CCOc1cccc(-c2nc(Cl)c(C)c(Cl)n2)c1. The van der Waals surface area contributed by atoms with E-state index in [1.165, 1.54) is 0 Å². The molecule has 1 aromatic carbocycles. The number of benzene rings is 1. The maximum atomic E-state index is 6.00. The van der Waals surface area contributed by atoms with E-state index in [1.54, 1.807) is 6.92 Å². The molecule has 0 unspecified atom stereocenters. The average Bonchev–Trinajstić information content (AvgIpc) is 2.36. The van der Waals surface area contributed by atoms with Gasteiger partial charge in [-0.2, -0.15) is 0 Å². The first-order valence-electron chi connectivity index (χ1n) is 5.54. The summed E-state index contributed by atoms with van der Waals surface area (Å²) in [4.78, 5) is 8.44. The summed E-state index contributed by atoms with van der Waals surface area (Å²) in [6.45, 7) is 4.33. The van der Waals surface area contributed by atoms with Crippen LogP contribution in [0.25, 0.3) is 11.4 Å². The van der Waals surface area contributed by atoms with Crippen molar-refractivity contribution in [3.8, 4) is 17.1 Å². The van der Waals surface area contributed by atoms with E-state index >= 15 is 0 Å². The summed E-state index contributed by atoms with van der Waals surface area (Å²) in [6.07, 6.45) is 0. The molecule has 5 heteroatoms. The zero-order valence-electron chi connectivity index (χ0n) is 10.1. The predicted octanol–water partition coefficient (Wildman–Crippen LogP) is 4.16. The molecule has 0 aliphatic heterocycles. The van der Waals surface area contributed by atoms with Gasteiger partial charge in [0, 0.05) is 11.1 Å². The molecular formula is C13H12Cl2N2O. The highest BCUT2D eigenvalue weighted by Crippen LogP contribution is 2.26. The Morgan fingerprint density at radius 3 is 2.44 bits per heavy atom. The van der Waals surface area contributed by atoms with Crippen molar-refractivity contribution in [3.63, 3.8) is 0 Å². The van der Waals surface area contributed by atoms with Gasteiger partial charge in [-0.3, -0.25) is 0 Å². The number of hydrogen-bond acceptors (Lipinski definition) is 3. The Morgan fingerprint density at radius 1 is 1.17 bits per heavy atom. The van der Waals surface area contributed by atoms with Crippen molar-refractivity contribution in [2.24, 2.45) is 0 Å². The van der Waals surface area contributed by atoms with Gasteiger partial charge in [0.2, 0.25) is 0 Å². The largest absolute Gasteiger partial charge is 0.494 e. The van der Waals surface area contributed by atoms with Crippen LogP contribution in [0.5, 0.6) is 5.75 Å². The third kappa shape index (κ3) is 2.74. The van der Waals surface area contributed by atoms with Crippen molar-refractivity contribution < 1.29 is 4.74 Å². The molecule has 0 N–H and O–H groups in total. The summed E-state index contributed by atoms with van der Waals surface area (Å²) in [6, 6.07) is 7.51. The highest BCUT2D eigenvalue weighted by atomic mass is 35.5. The summed E-state index contributed by atoms with van der Waals surface area (Å²) >= 11 is 12.0. The van der Waals surface area contributed by atoms with Crippen molar-refractivity contribution in [3.05, 3.63) is 40.1 Å². The number of aromatic nitrogens is 2. The fourth-order valence-corrected chi connectivity index (χ4v) is 1.87. The molecule has 0 spiro atoms. The minimum Gasteiger partial charge on any atom is -0.494 e. The van der Waals surface area contributed by atoms with Gasteiger partial charge in [0.25, 0.3) is 0 Å². The van der Waals surface area contributed by atoms with E-state index in [4.69, 9.17) is 27.9 Å². The third-order valence-corrected chi connectivity index (χ3v) is 3.17. The first-order valence-corrected chi connectivity index (χ1v) is 6.30. The Morgan fingerprint density at radius 2 is 1.83 bits per heavy atom. The molecule has 18 heavy (non-hydrogen) atoms. The third-order valence-electron chi connectivity index (χ3n) is 2.43. The Balaban J connectivity index is 2.45. The molecule has 94 valence electrons. The lowest BCUT2D eigenvalue weighted by Crippen LogP contribution is -1.95. The Kier molecular flexibility index (Phi) is 4.04. The first-order chi connectivity index (χ1) is 8.61. The number of nitrogens with zero attached hydrogens (tertiary/aromatic N) is 2. The van der Waals surface area contributed by atoms with Crippen LogP contribution in [-0.4, -0.2) is 16.6 Å². The van der Waals surface area contributed by atoms with Crippen LogP contribution in [0, 0.1) is 6.92 Å². The van der Waals surface area contributed by atoms with Crippen LogP contribution in [-0.2, 0) is 0 Å². The molecule has 0 atom stereocenters. The van der Waals surface area contributed by atoms with Crippen LogP contribution >= 0.6 is 23.2 Å². The smallest absolute Gasteiger partial charge is 0.162 e. The number of hydrogen-bond donors (Lipinski definition) is 0. The van der Waals surface area contributed by atoms with Gasteiger partial charge in [0.05, 0.1) is 6.61 Å². The lowest BCUT2D eigenvalue weighted by molar-refractivity contribution is 0.340. The van der Waals surface area contributed by atoms with Crippen molar-refractivity contribution in [2.45, 2.75) is 13.8 Å². The minimum atomic E-state index is 0.367. The van der Waals surface area contributed by atoms with Gasteiger partial charge < -0.3 is 4.74 Å². The summed E-state index contributed by atoms with van der Waals surface area (Å²) in [5, 5.41) is 0.735. The fourth-order valence-electron chi connectivity index (χ4n) is 1.48. The highest BCUT2D eigenvalue weighted by Gasteiger charge is 2.09. The molecule has 1 heterocycles. The fraction of sp³-hybridized carbons (Fsp3) is 0.231. The number of ether oxygens (including phenoxy) is 1. The molecule has 2 aromatic rings. The predicted molar refractivity (Wildman–Crippen MR) is 73.4 cm³/mol. The van der Waals surface area contributed by atoms with Crippen LogP contribution < -0.4 is 4.74 Å². The van der Waals surface area contributed by atoms with Crippen LogP contribution in [0.2, 0.25) is 10.3 Å². The molecule has 1 aromatic heterocycles. The zero-order chi connectivity index (χ0) is 13.1. The van der Waals surface area contributed by atoms with Gasteiger partial charge in [0.1, 0.15) is 16.1 Å². The quantitative estimate of drug-likeness (QED) is 0.793. The molecule has 2 rings (SSSR count). The van der Waals surface area contributed by atoms with Gasteiger partial charge in [-0.1, -0.05) is 35.3 Å². The first kappa shape index (κ1) is 13.1. The van der Waals surface area contributed by atoms with E-state index < -0.39 is 0 Å². The maximum Gasteiger partial charge on any atom is 0.162 e. The topological polar surface area (TPSA) is 35.0 Å². The summed E-state index contributed by atoms with van der Waals surface area (Å²) in [5.41, 5.74) is 1.51. The van der Waals surface area contributed by atoms with Crippen molar-refractivity contribution in [2.75, 3.05) is 6.61 Å². The van der Waals surface area contributed by atoms with E-state index in [2.05, 4.69) is 9.97 Å². The van der Waals surface area contributed by atoms with Crippen LogP contribution in [0.4, 0.5) is 0 Å². The molecule has 0 fully saturated rings. The van der Waals surface area contributed by atoms with E-state index in [0.717, 1.165) is 11.3 Å². The lowest BCUT2D eigenvalue weighted by Gasteiger charge is -2.07. The van der Waals surface area contributed by atoms with Crippen LogP contribution in [0.3, 0.4) is 0 Å². The summed E-state index contributed by atoms with van der Waals surface area (Å²) in [7, 11) is 0. The maximum absolute atomic E-state index is 6.00. The molecule has 0 bridgehead atoms. The molecule has 0 aliphatic rings. The standard InChI is InChI=1S/C13H12Cl2N2O/c1-3-18-10-6-4-5-9(7-10)13-16-11(14)8(2)12(15)17-13/h4-7H,3H2,1-2H3. The average molecular weight is 283 g/mol. The molecule has 0 saturated carbocycles. The lowest BCUT2D eigenvalue weighted by atomic mass is 10.2. The van der Waals surface area contributed by atoms with E-state index in [9.17, 15) is 0 Å². The minimum absolute atomic E-state index is 0.367. The number of halogens is 2. The monoisotopic (exact) mass is 282 g/mol. The second-order valence-corrected chi connectivity index (χ2v) is 4.43. The molecule has 3 nitrogen and oxygen atoms in total. The van der Waals surface area contributed by atoms with Crippen molar-refractivity contribution in [1.82, 2.24) is 9.97 Å². The molecular weight excluding hydrogens is 271 g/mol. The van der Waals surface area contributed by atoms with Crippen molar-refractivity contribution in [1.29, 1.82) is 0 Å². The molecule has 0 saturated heterocycles. The summed E-state index contributed by atoms with van der Waals surface area (Å²) in [5.74, 6) is 1.27. The molecule has 0 aliphatic carbocycles. The van der Waals surface area contributed by atoms with E-state index in [0.29, 0.717) is 28.3 Å². The van der Waals surface area contributed by atoms with Crippen LogP contribution in [0.15, 0.2) is 24.3 Å². The van der Waals surface area contributed by atoms with Crippen LogP contribution in [0.1, 0.15) is 12.5 Å². The second kappa shape index (κ2) is 5.55. The Hall–Kier alpha value is -1.32.